The van der Waals surface area contributed by atoms with E-state index in [0.717, 1.165) is 38.9 Å². The van der Waals surface area contributed by atoms with Crippen molar-refractivity contribution < 1.29 is 4.79 Å². The Morgan fingerprint density at radius 3 is 2.88 bits per heavy atom. The van der Waals surface area contributed by atoms with Gasteiger partial charge < -0.3 is 10.2 Å². The maximum Gasteiger partial charge on any atom is 0.291 e. The van der Waals surface area contributed by atoms with Gasteiger partial charge in [-0.2, -0.15) is 5.10 Å². The molecule has 0 bridgehead atoms. The molecule has 0 aliphatic carbocycles. The van der Waals surface area contributed by atoms with E-state index < -0.39 is 0 Å². The standard InChI is InChI=1S/C11H19N5O/c1-2-7-16(9-3-5-12-6-4-9)11(17)10-13-8-14-15-10/h8-9,12H,2-7H2,1H3,(H,13,14,15). The van der Waals surface area contributed by atoms with Gasteiger partial charge in [0.15, 0.2) is 0 Å². The van der Waals surface area contributed by atoms with Crippen LogP contribution in [0.3, 0.4) is 0 Å². The highest BCUT2D eigenvalue weighted by Gasteiger charge is 2.26. The van der Waals surface area contributed by atoms with Crippen molar-refractivity contribution in [3.05, 3.63) is 12.2 Å². The highest BCUT2D eigenvalue weighted by molar-refractivity contribution is 5.90. The summed E-state index contributed by atoms with van der Waals surface area (Å²) in [6.07, 6.45) is 4.36. The highest BCUT2D eigenvalue weighted by atomic mass is 16.2. The molecule has 1 amide bonds. The molecule has 17 heavy (non-hydrogen) atoms. The van der Waals surface area contributed by atoms with E-state index in [9.17, 15) is 4.79 Å². The van der Waals surface area contributed by atoms with Crippen LogP contribution >= 0.6 is 0 Å². The highest BCUT2D eigenvalue weighted by Crippen LogP contribution is 2.14. The topological polar surface area (TPSA) is 73.9 Å². The molecule has 0 aromatic carbocycles. The van der Waals surface area contributed by atoms with Crippen LogP contribution in [0.4, 0.5) is 0 Å². The third-order valence-electron chi connectivity index (χ3n) is 3.09. The number of H-pyrrole nitrogens is 1. The largest absolute Gasteiger partial charge is 0.333 e. The van der Waals surface area contributed by atoms with Crippen LogP contribution < -0.4 is 5.32 Å². The van der Waals surface area contributed by atoms with Gasteiger partial charge in [0.2, 0.25) is 5.82 Å². The first kappa shape index (κ1) is 12.0. The van der Waals surface area contributed by atoms with Crippen molar-refractivity contribution in [2.24, 2.45) is 0 Å². The van der Waals surface area contributed by atoms with Crippen LogP contribution in [0.1, 0.15) is 36.8 Å². The molecule has 2 N–H and O–H groups in total. The summed E-state index contributed by atoms with van der Waals surface area (Å²) in [7, 11) is 0. The Hall–Kier alpha value is -1.43. The predicted octanol–water partition coefficient (Wildman–Crippen LogP) is 0.409. The lowest BCUT2D eigenvalue weighted by atomic mass is 10.0. The van der Waals surface area contributed by atoms with Gasteiger partial charge in [0.25, 0.3) is 5.91 Å². The number of carbonyl (C=O) groups is 1. The van der Waals surface area contributed by atoms with Gasteiger partial charge in [0.05, 0.1) is 0 Å². The lowest BCUT2D eigenvalue weighted by Crippen LogP contribution is -2.46. The molecule has 2 rings (SSSR count). The Morgan fingerprint density at radius 2 is 2.29 bits per heavy atom. The van der Waals surface area contributed by atoms with E-state index in [0.29, 0.717) is 11.9 Å². The zero-order valence-electron chi connectivity index (χ0n) is 10.1. The van der Waals surface area contributed by atoms with E-state index >= 15 is 0 Å². The fraction of sp³-hybridized carbons (Fsp3) is 0.727. The first-order valence-electron chi connectivity index (χ1n) is 6.20. The molecule has 0 atom stereocenters. The van der Waals surface area contributed by atoms with E-state index in [1.165, 1.54) is 6.33 Å². The molecule has 0 unspecified atom stereocenters. The summed E-state index contributed by atoms with van der Waals surface area (Å²) >= 11 is 0. The zero-order chi connectivity index (χ0) is 12.1. The van der Waals surface area contributed by atoms with Crippen LogP contribution in [0.15, 0.2) is 6.33 Å². The monoisotopic (exact) mass is 237 g/mol. The quantitative estimate of drug-likeness (QED) is 0.795. The summed E-state index contributed by atoms with van der Waals surface area (Å²) in [4.78, 5) is 18.1. The molecule has 1 aliphatic heterocycles. The molecule has 1 aliphatic rings. The fourth-order valence-electron chi connectivity index (χ4n) is 2.25. The molecular formula is C11H19N5O. The summed E-state index contributed by atoms with van der Waals surface area (Å²) in [5.41, 5.74) is 0. The Labute approximate surface area is 101 Å². The van der Waals surface area contributed by atoms with Crippen molar-refractivity contribution in [1.82, 2.24) is 25.4 Å². The molecule has 6 heteroatoms. The van der Waals surface area contributed by atoms with Crippen LogP contribution in [-0.2, 0) is 0 Å². The van der Waals surface area contributed by atoms with Gasteiger partial charge >= 0.3 is 0 Å². The number of hydrogen-bond donors (Lipinski definition) is 2. The minimum absolute atomic E-state index is 0.0312. The maximum absolute atomic E-state index is 12.3. The van der Waals surface area contributed by atoms with E-state index in [1.54, 1.807) is 0 Å². The van der Waals surface area contributed by atoms with Gasteiger partial charge in [-0.05, 0) is 32.4 Å². The van der Waals surface area contributed by atoms with Gasteiger partial charge in [-0.15, -0.1) is 0 Å². The smallest absolute Gasteiger partial charge is 0.291 e. The number of piperidine rings is 1. The number of rotatable bonds is 4. The van der Waals surface area contributed by atoms with Crippen LogP contribution in [0.5, 0.6) is 0 Å². The molecule has 2 heterocycles. The number of nitrogens with one attached hydrogen (secondary N) is 2. The van der Waals surface area contributed by atoms with E-state index in [-0.39, 0.29) is 5.91 Å². The number of hydrogen-bond acceptors (Lipinski definition) is 4. The number of aromatic nitrogens is 3. The summed E-state index contributed by atoms with van der Waals surface area (Å²) < 4.78 is 0. The Balaban J connectivity index is 2.07. The first-order valence-corrected chi connectivity index (χ1v) is 6.20. The van der Waals surface area contributed by atoms with Crippen molar-refractivity contribution in [3.8, 4) is 0 Å². The second-order valence-electron chi connectivity index (χ2n) is 4.31. The number of nitrogens with zero attached hydrogens (tertiary/aromatic N) is 3. The molecule has 0 spiro atoms. The first-order chi connectivity index (χ1) is 8.33. The normalized spacial score (nSPS) is 17.0. The zero-order valence-corrected chi connectivity index (χ0v) is 10.1. The molecule has 0 saturated carbocycles. The SMILES string of the molecule is CCCN(C(=O)c1ncn[nH]1)C1CCNCC1. The molecule has 1 saturated heterocycles. The van der Waals surface area contributed by atoms with Crippen molar-refractivity contribution in [2.75, 3.05) is 19.6 Å². The van der Waals surface area contributed by atoms with Gasteiger partial charge in [-0.1, -0.05) is 6.92 Å². The molecule has 1 aromatic rings. The lowest BCUT2D eigenvalue weighted by Gasteiger charge is -2.33. The number of amides is 1. The lowest BCUT2D eigenvalue weighted by molar-refractivity contribution is 0.0630. The molecule has 1 fully saturated rings. The maximum atomic E-state index is 12.3. The van der Waals surface area contributed by atoms with Crippen LogP contribution in [0, 0.1) is 0 Å². The van der Waals surface area contributed by atoms with Crippen molar-refractivity contribution in [2.45, 2.75) is 32.2 Å². The van der Waals surface area contributed by atoms with Crippen LogP contribution in [-0.4, -0.2) is 51.7 Å². The van der Waals surface area contributed by atoms with Gasteiger partial charge in [-0.3, -0.25) is 9.89 Å². The van der Waals surface area contributed by atoms with E-state index in [4.69, 9.17) is 0 Å². The summed E-state index contributed by atoms with van der Waals surface area (Å²) in [6, 6.07) is 0.328. The van der Waals surface area contributed by atoms with Crippen molar-refractivity contribution in [1.29, 1.82) is 0 Å². The molecule has 94 valence electrons. The van der Waals surface area contributed by atoms with Crippen LogP contribution in [0.2, 0.25) is 0 Å². The molecule has 6 nitrogen and oxygen atoms in total. The van der Waals surface area contributed by atoms with Gasteiger partial charge in [0.1, 0.15) is 6.33 Å². The predicted molar refractivity (Wildman–Crippen MR) is 63.6 cm³/mol. The second-order valence-corrected chi connectivity index (χ2v) is 4.31. The van der Waals surface area contributed by atoms with E-state index in [1.807, 2.05) is 4.90 Å². The van der Waals surface area contributed by atoms with Gasteiger partial charge in [-0.25, -0.2) is 4.98 Å². The summed E-state index contributed by atoms with van der Waals surface area (Å²) in [6.45, 7) is 4.83. The Kier molecular flexibility index (Phi) is 4.08. The molecule has 0 radical (unpaired) electrons. The average Bonchev–Trinajstić information content (AvgIpc) is 2.90. The Morgan fingerprint density at radius 1 is 1.53 bits per heavy atom. The number of carbonyl (C=O) groups excluding carboxylic acids is 1. The van der Waals surface area contributed by atoms with Crippen molar-refractivity contribution in [3.63, 3.8) is 0 Å². The van der Waals surface area contributed by atoms with Gasteiger partial charge in [0, 0.05) is 12.6 Å². The van der Waals surface area contributed by atoms with Crippen LogP contribution in [0.25, 0.3) is 0 Å². The second kappa shape index (κ2) is 5.77. The summed E-state index contributed by atoms with van der Waals surface area (Å²) in [5, 5.41) is 9.69. The Bertz CT molecular complexity index is 345. The third kappa shape index (κ3) is 2.82. The summed E-state index contributed by atoms with van der Waals surface area (Å²) in [5.74, 6) is 0.313. The molecular weight excluding hydrogens is 218 g/mol. The minimum Gasteiger partial charge on any atom is -0.333 e. The van der Waals surface area contributed by atoms with Crippen molar-refractivity contribution >= 4 is 5.91 Å². The number of aromatic amines is 1. The minimum atomic E-state index is -0.0312. The fourth-order valence-corrected chi connectivity index (χ4v) is 2.25. The molecule has 1 aromatic heterocycles. The third-order valence-corrected chi connectivity index (χ3v) is 3.09. The van der Waals surface area contributed by atoms with E-state index in [2.05, 4.69) is 27.4 Å². The average molecular weight is 237 g/mol.